The first-order valence-electron chi connectivity index (χ1n) is 11.4. The fourth-order valence-corrected chi connectivity index (χ4v) is 8.48. The molecule has 2 fully saturated rings. The number of benzene rings is 2. The molecule has 0 aliphatic carbocycles. The molecule has 0 amide bonds. The molecule has 8 nitrogen and oxygen atoms in total. The standard InChI is InChI=1S/C24H28O8S4/c25-17(13-31-21(27)23-33-5-6-34-23)11-29-19-3-1-15-9-20(4-2-16(15)10-19)30-12-18(26)14-32-22(28)24-35-7-8-36-24/h1-4,9-10,17-18,23-26H,5-8,11-14H2. The third kappa shape index (κ3) is 8.29. The van der Waals surface area contributed by atoms with Crippen molar-refractivity contribution < 1.29 is 38.7 Å². The minimum absolute atomic E-state index is 0.00547. The van der Waals surface area contributed by atoms with Gasteiger partial charge in [-0.05, 0) is 35.0 Å². The number of hydrogen-bond donors (Lipinski definition) is 2. The Labute approximate surface area is 226 Å². The van der Waals surface area contributed by atoms with Gasteiger partial charge in [0.2, 0.25) is 0 Å². The van der Waals surface area contributed by atoms with E-state index in [4.69, 9.17) is 18.9 Å². The number of hydrogen-bond acceptors (Lipinski definition) is 12. The number of aliphatic hydroxyl groups is 2. The van der Waals surface area contributed by atoms with Crippen LogP contribution in [0, 0.1) is 0 Å². The first kappa shape index (κ1) is 27.6. The van der Waals surface area contributed by atoms with E-state index in [1.165, 1.54) is 0 Å². The molecule has 2 aromatic rings. The molecule has 0 radical (unpaired) electrons. The monoisotopic (exact) mass is 572 g/mol. The summed E-state index contributed by atoms with van der Waals surface area (Å²) in [5.41, 5.74) is 0. The van der Waals surface area contributed by atoms with Crippen molar-refractivity contribution in [2.75, 3.05) is 49.4 Å². The van der Waals surface area contributed by atoms with E-state index in [1.54, 1.807) is 59.2 Å². The summed E-state index contributed by atoms with van der Waals surface area (Å²) in [6, 6.07) is 11.0. The summed E-state index contributed by atoms with van der Waals surface area (Å²) in [5.74, 6) is 4.29. The van der Waals surface area contributed by atoms with Gasteiger partial charge in [0.05, 0.1) is 0 Å². The van der Waals surface area contributed by atoms with Crippen molar-refractivity contribution >= 4 is 69.8 Å². The largest absolute Gasteiger partial charge is 0.491 e. The van der Waals surface area contributed by atoms with Gasteiger partial charge in [0.25, 0.3) is 0 Å². The second kappa shape index (κ2) is 13.9. The van der Waals surface area contributed by atoms with Gasteiger partial charge in [-0.1, -0.05) is 12.1 Å². The van der Waals surface area contributed by atoms with Crippen molar-refractivity contribution in [3.05, 3.63) is 36.4 Å². The zero-order chi connectivity index (χ0) is 25.3. The van der Waals surface area contributed by atoms with Crippen molar-refractivity contribution in [3.8, 4) is 11.5 Å². The average molecular weight is 573 g/mol. The van der Waals surface area contributed by atoms with Gasteiger partial charge in [0.1, 0.15) is 59.3 Å². The first-order valence-corrected chi connectivity index (χ1v) is 15.6. The molecule has 0 spiro atoms. The van der Waals surface area contributed by atoms with Crippen LogP contribution in [0.2, 0.25) is 0 Å². The van der Waals surface area contributed by atoms with Crippen molar-refractivity contribution in [1.29, 1.82) is 0 Å². The highest BCUT2D eigenvalue weighted by Gasteiger charge is 2.27. The number of carbonyl (C=O) groups is 2. The van der Waals surface area contributed by atoms with Crippen LogP contribution < -0.4 is 9.47 Å². The Balaban J connectivity index is 1.19. The molecule has 0 bridgehead atoms. The summed E-state index contributed by atoms with van der Waals surface area (Å²) >= 11 is 6.24. The summed E-state index contributed by atoms with van der Waals surface area (Å²) in [4.78, 5) is 23.9. The highest BCUT2D eigenvalue weighted by molar-refractivity contribution is 8.21. The van der Waals surface area contributed by atoms with Gasteiger partial charge in [-0.15, -0.1) is 47.0 Å². The van der Waals surface area contributed by atoms with Crippen LogP contribution in [0.15, 0.2) is 36.4 Å². The second-order valence-electron chi connectivity index (χ2n) is 8.01. The lowest BCUT2D eigenvalue weighted by atomic mass is 10.1. The van der Waals surface area contributed by atoms with Crippen LogP contribution in [0.25, 0.3) is 10.8 Å². The Bertz CT molecular complexity index is 945. The third-order valence-corrected chi connectivity index (χ3v) is 11.0. The number of fused-ring (bicyclic) bond motifs is 1. The molecule has 2 atom stereocenters. The topological polar surface area (TPSA) is 112 Å². The van der Waals surface area contributed by atoms with E-state index in [0.29, 0.717) is 11.5 Å². The average Bonchev–Trinajstić information content (AvgIpc) is 3.63. The summed E-state index contributed by atoms with van der Waals surface area (Å²) in [7, 11) is 0. The number of carbonyl (C=O) groups excluding carboxylic acids is 2. The molecule has 2 heterocycles. The lowest BCUT2D eigenvalue weighted by molar-refractivity contribution is -0.145. The SMILES string of the molecule is O=C(OCC(O)COc1ccc2cc(OCC(O)COC(=O)C3SCCS3)ccc2c1)C1SCCS1. The molecule has 2 saturated heterocycles. The van der Waals surface area contributed by atoms with E-state index in [2.05, 4.69) is 0 Å². The minimum Gasteiger partial charge on any atom is -0.491 e. The molecule has 36 heavy (non-hydrogen) atoms. The predicted molar refractivity (Wildman–Crippen MR) is 146 cm³/mol. The lowest BCUT2D eigenvalue weighted by Gasteiger charge is -2.15. The summed E-state index contributed by atoms with van der Waals surface area (Å²) in [6.07, 6.45) is -1.84. The zero-order valence-electron chi connectivity index (χ0n) is 19.4. The number of ether oxygens (including phenoxy) is 4. The molecular formula is C24H28O8S4. The van der Waals surface area contributed by atoms with Crippen molar-refractivity contribution in [2.45, 2.75) is 21.4 Å². The van der Waals surface area contributed by atoms with Gasteiger partial charge in [-0.3, -0.25) is 0 Å². The van der Waals surface area contributed by atoms with Gasteiger partial charge in [-0.2, -0.15) is 0 Å². The zero-order valence-corrected chi connectivity index (χ0v) is 22.7. The van der Waals surface area contributed by atoms with Gasteiger partial charge >= 0.3 is 11.9 Å². The van der Waals surface area contributed by atoms with Gasteiger partial charge in [0, 0.05) is 23.0 Å². The van der Waals surface area contributed by atoms with Gasteiger partial charge in [0.15, 0.2) is 0 Å². The number of rotatable bonds is 12. The highest BCUT2D eigenvalue weighted by atomic mass is 32.2. The van der Waals surface area contributed by atoms with E-state index >= 15 is 0 Å². The maximum absolute atomic E-state index is 11.9. The number of aliphatic hydroxyl groups excluding tert-OH is 2. The van der Waals surface area contributed by atoms with Crippen LogP contribution in [0.1, 0.15) is 0 Å². The molecule has 2 aliphatic heterocycles. The fraction of sp³-hybridized carbons (Fsp3) is 0.500. The molecule has 12 heteroatoms. The molecule has 4 rings (SSSR count). The summed E-state index contributed by atoms with van der Waals surface area (Å²) in [5, 5.41) is 22.0. The van der Waals surface area contributed by atoms with Gasteiger partial charge < -0.3 is 29.2 Å². The van der Waals surface area contributed by atoms with E-state index in [0.717, 1.165) is 33.8 Å². The first-order chi connectivity index (χ1) is 17.5. The van der Waals surface area contributed by atoms with Crippen molar-refractivity contribution in [2.24, 2.45) is 0 Å². The maximum atomic E-state index is 11.9. The lowest BCUT2D eigenvalue weighted by Crippen LogP contribution is -2.27. The predicted octanol–water partition coefficient (Wildman–Crippen LogP) is 3.02. The second-order valence-corrected chi connectivity index (χ2v) is 13.5. The van der Waals surface area contributed by atoms with E-state index in [9.17, 15) is 19.8 Å². The van der Waals surface area contributed by atoms with Crippen molar-refractivity contribution in [1.82, 2.24) is 0 Å². The molecule has 2 aromatic carbocycles. The van der Waals surface area contributed by atoms with Crippen LogP contribution in [0.3, 0.4) is 0 Å². The van der Waals surface area contributed by atoms with Crippen molar-refractivity contribution in [3.63, 3.8) is 0 Å². The summed E-state index contributed by atoms with van der Waals surface area (Å²) < 4.78 is 21.3. The van der Waals surface area contributed by atoms with Crippen LogP contribution >= 0.6 is 47.0 Å². The minimum atomic E-state index is -0.918. The number of thioether (sulfide) groups is 4. The van der Waals surface area contributed by atoms with Gasteiger partial charge in [-0.25, -0.2) is 9.59 Å². The van der Waals surface area contributed by atoms with E-state index in [1.807, 2.05) is 24.3 Å². The van der Waals surface area contributed by atoms with Crippen LogP contribution in [-0.4, -0.2) is 93.0 Å². The fourth-order valence-electron chi connectivity index (χ4n) is 3.34. The Morgan fingerprint density at radius 1 is 0.694 bits per heavy atom. The van der Waals surface area contributed by atoms with Crippen LogP contribution in [0.5, 0.6) is 11.5 Å². The molecule has 0 saturated carbocycles. The highest BCUT2D eigenvalue weighted by Crippen LogP contribution is 2.33. The Morgan fingerprint density at radius 3 is 1.47 bits per heavy atom. The molecule has 0 aromatic heterocycles. The molecule has 2 N–H and O–H groups in total. The Kier molecular flexibility index (Phi) is 10.7. The van der Waals surface area contributed by atoms with E-state index < -0.39 is 12.2 Å². The Hall–Kier alpha value is -1.44. The van der Waals surface area contributed by atoms with Crippen LogP contribution in [0.4, 0.5) is 0 Å². The normalized spacial score (nSPS) is 18.2. The summed E-state index contributed by atoms with van der Waals surface area (Å²) in [6.45, 7) is -0.195. The third-order valence-electron chi connectivity index (χ3n) is 5.13. The van der Waals surface area contributed by atoms with Crippen LogP contribution in [-0.2, 0) is 19.1 Å². The molecular weight excluding hydrogens is 545 g/mol. The Morgan fingerprint density at radius 2 is 1.08 bits per heavy atom. The number of esters is 2. The quantitative estimate of drug-likeness (QED) is 0.365. The van der Waals surface area contributed by atoms with E-state index in [-0.39, 0.29) is 47.5 Å². The molecule has 196 valence electrons. The maximum Gasteiger partial charge on any atom is 0.329 e. The smallest absolute Gasteiger partial charge is 0.329 e. The molecule has 2 unspecified atom stereocenters. The molecule has 2 aliphatic rings.